The molecule has 0 saturated carbocycles. The number of aryl methyl sites for hydroxylation is 2. The summed E-state index contributed by atoms with van der Waals surface area (Å²) in [5, 5.41) is 9.87. The highest BCUT2D eigenvalue weighted by Gasteiger charge is 2.09. The first-order chi connectivity index (χ1) is 7.69. The van der Waals surface area contributed by atoms with Crippen molar-refractivity contribution in [3.8, 4) is 6.07 Å². The average molecular weight is 212 g/mol. The zero-order chi connectivity index (χ0) is 11.7. The van der Waals surface area contributed by atoms with Gasteiger partial charge in [0.1, 0.15) is 11.6 Å². The number of fused-ring (bicyclic) bond motifs is 1. The molecule has 0 aliphatic heterocycles. The van der Waals surface area contributed by atoms with Crippen molar-refractivity contribution >= 4 is 10.9 Å². The van der Waals surface area contributed by atoms with Crippen molar-refractivity contribution < 1.29 is 0 Å². The third-order valence-corrected chi connectivity index (χ3v) is 2.89. The number of H-pyrrole nitrogens is 1. The summed E-state index contributed by atoms with van der Waals surface area (Å²) in [5.74, 6) is 0. The fraction of sp³-hybridized carbons (Fsp3) is 0.231. The number of para-hydroxylation sites is 1. The minimum atomic E-state index is -0.298. The largest absolute Gasteiger partial charge is 0.321 e. The minimum Gasteiger partial charge on any atom is -0.321 e. The van der Waals surface area contributed by atoms with Gasteiger partial charge in [0.2, 0.25) is 0 Å². The van der Waals surface area contributed by atoms with E-state index in [4.69, 9.17) is 5.26 Å². The average Bonchev–Trinajstić information content (AvgIpc) is 2.29. The van der Waals surface area contributed by atoms with Crippen LogP contribution in [-0.2, 0) is 6.42 Å². The molecule has 0 aliphatic rings. The Morgan fingerprint density at radius 1 is 1.44 bits per heavy atom. The maximum atomic E-state index is 11.7. The van der Waals surface area contributed by atoms with Crippen LogP contribution in [0.4, 0.5) is 0 Å². The van der Waals surface area contributed by atoms with E-state index in [2.05, 4.69) is 4.98 Å². The number of nitrogens with zero attached hydrogens (tertiary/aromatic N) is 1. The standard InChI is InChI=1S/C13H12N2O/c1-3-9-5-4-6-10-8(2)11(7-14)13(16)15-12(9)10/h4-6H,3H2,1-2H3,(H,15,16). The molecule has 0 amide bonds. The second-order valence-corrected chi connectivity index (χ2v) is 3.76. The molecule has 0 atom stereocenters. The lowest BCUT2D eigenvalue weighted by molar-refractivity contribution is 1.13. The van der Waals surface area contributed by atoms with Crippen molar-refractivity contribution in [2.75, 3.05) is 0 Å². The van der Waals surface area contributed by atoms with Gasteiger partial charge in [-0.2, -0.15) is 5.26 Å². The van der Waals surface area contributed by atoms with E-state index in [1.165, 1.54) is 0 Å². The van der Waals surface area contributed by atoms with Crippen LogP contribution in [0, 0.1) is 18.3 Å². The van der Waals surface area contributed by atoms with E-state index in [1.54, 1.807) is 0 Å². The fourth-order valence-electron chi connectivity index (χ4n) is 1.97. The Hall–Kier alpha value is -2.08. The van der Waals surface area contributed by atoms with Gasteiger partial charge in [0, 0.05) is 5.39 Å². The number of pyridine rings is 1. The van der Waals surface area contributed by atoms with Gasteiger partial charge >= 0.3 is 0 Å². The van der Waals surface area contributed by atoms with E-state index in [9.17, 15) is 4.79 Å². The zero-order valence-corrected chi connectivity index (χ0v) is 9.29. The molecule has 0 saturated heterocycles. The Morgan fingerprint density at radius 3 is 2.81 bits per heavy atom. The smallest absolute Gasteiger partial charge is 0.266 e. The Labute approximate surface area is 93.3 Å². The van der Waals surface area contributed by atoms with Gasteiger partial charge in [0.05, 0.1) is 5.52 Å². The van der Waals surface area contributed by atoms with Crippen molar-refractivity contribution in [3.63, 3.8) is 0 Å². The predicted molar refractivity (Wildman–Crippen MR) is 63.4 cm³/mol. The zero-order valence-electron chi connectivity index (χ0n) is 9.29. The topological polar surface area (TPSA) is 56.6 Å². The van der Waals surface area contributed by atoms with Crippen LogP contribution in [0.2, 0.25) is 0 Å². The molecule has 1 aromatic carbocycles. The van der Waals surface area contributed by atoms with Gasteiger partial charge in [-0.25, -0.2) is 0 Å². The number of hydrogen-bond acceptors (Lipinski definition) is 2. The summed E-state index contributed by atoms with van der Waals surface area (Å²) in [6.45, 7) is 3.86. The predicted octanol–water partition coefficient (Wildman–Crippen LogP) is 2.27. The van der Waals surface area contributed by atoms with Gasteiger partial charge in [-0.05, 0) is 24.5 Å². The van der Waals surface area contributed by atoms with Crippen LogP contribution in [-0.4, -0.2) is 4.98 Å². The summed E-state index contributed by atoms with van der Waals surface area (Å²) < 4.78 is 0. The van der Waals surface area contributed by atoms with Gasteiger partial charge in [-0.3, -0.25) is 4.79 Å². The second kappa shape index (κ2) is 3.82. The molecule has 0 fully saturated rings. The first-order valence-electron chi connectivity index (χ1n) is 5.23. The summed E-state index contributed by atoms with van der Waals surface area (Å²) in [5.41, 5.74) is 2.62. The van der Waals surface area contributed by atoms with Crippen molar-refractivity contribution in [1.29, 1.82) is 5.26 Å². The molecular formula is C13H12N2O. The molecule has 16 heavy (non-hydrogen) atoms. The molecule has 0 spiro atoms. The molecule has 2 aromatic rings. The van der Waals surface area contributed by atoms with Crippen LogP contribution in [0.15, 0.2) is 23.0 Å². The van der Waals surface area contributed by atoms with E-state index in [0.717, 1.165) is 28.5 Å². The van der Waals surface area contributed by atoms with Crippen molar-refractivity contribution in [3.05, 3.63) is 45.2 Å². The number of rotatable bonds is 1. The molecule has 0 radical (unpaired) electrons. The number of aromatic nitrogens is 1. The van der Waals surface area contributed by atoms with Crippen LogP contribution in [0.5, 0.6) is 0 Å². The molecule has 80 valence electrons. The second-order valence-electron chi connectivity index (χ2n) is 3.76. The Balaban J connectivity index is 2.99. The van der Waals surface area contributed by atoms with E-state index in [1.807, 2.05) is 38.1 Å². The Bertz CT molecular complexity index is 647. The molecule has 1 aromatic heterocycles. The van der Waals surface area contributed by atoms with Gasteiger partial charge in [0.25, 0.3) is 5.56 Å². The molecule has 3 heteroatoms. The lowest BCUT2D eigenvalue weighted by atomic mass is 10.0. The summed E-state index contributed by atoms with van der Waals surface area (Å²) >= 11 is 0. The number of hydrogen-bond donors (Lipinski definition) is 1. The maximum Gasteiger partial charge on any atom is 0.266 e. The molecule has 1 N–H and O–H groups in total. The van der Waals surface area contributed by atoms with E-state index >= 15 is 0 Å². The van der Waals surface area contributed by atoms with Crippen LogP contribution in [0.3, 0.4) is 0 Å². The van der Waals surface area contributed by atoms with Gasteiger partial charge in [-0.1, -0.05) is 25.1 Å². The van der Waals surface area contributed by atoms with Gasteiger partial charge in [-0.15, -0.1) is 0 Å². The van der Waals surface area contributed by atoms with Crippen molar-refractivity contribution in [1.82, 2.24) is 4.98 Å². The maximum absolute atomic E-state index is 11.7. The molecule has 0 bridgehead atoms. The molecule has 0 unspecified atom stereocenters. The first kappa shape index (κ1) is 10.4. The normalized spacial score (nSPS) is 10.3. The Morgan fingerprint density at radius 2 is 2.19 bits per heavy atom. The minimum absolute atomic E-state index is 0.209. The molecule has 3 nitrogen and oxygen atoms in total. The van der Waals surface area contributed by atoms with Crippen LogP contribution < -0.4 is 5.56 Å². The Kier molecular flexibility index (Phi) is 2.49. The SMILES string of the molecule is CCc1cccc2c(C)c(C#N)c(=O)[nH]c12. The summed E-state index contributed by atoms with van der Waals surface area (Å²) in [6.07, 6.45) is 0.860. The number of nitriles is 1. The third kappa shape index (κ3) is 1.40. The van der Waals surface area contributed by atoms with Crippen molar-refractivity contribution in [2.45, 2.75) is 20.3 Å². The van der Waals surface area contributed by atoms with Crippen LogP contribution >= 0.6 is 0 Å². The molecule has 2 rings (SSSR count). The quantitative estimate of drug-likeness (QED) is 0.788. The first-order valence-corrected chi connectivity index (χ1v) is 5.23. The lowest BCUT2D eigenvalue weighted by Crippen LogP contribution is -2.13. The van der Waals surface area contributed by atoms with Crippen molar-refractivity contribution in [2.24, 2.45) is 0 Å². The fourth-order valence-corrected chi connectivity index (χ4v) is 1.97. The summed E-state index contributed by atoms with van der Waals surface area (Å²) in [4.78, 5) is 14.5. The van der Waals surface area contributed by atoms with Crippen LogP contribution in [0.1, 0.15) is 23.6 Å². The monoisotopic (exact) mass is 212 g/mol. The molecule has 1 heterocycles. The lowest BCUT2D eigenvalue weighted by Gasteiger charge is -2.07. The number of benzene rings is 1. The third-order valence-electron chi connectivity index (χ3n) is 2.89. The molecular weight excluding hydrogens is 200 g/mol. The number of nitrogens with one attached hydrogen (secondary N) is 1. The van der Waals surface area contributed by atoms with E-state index < -0.39 is 0 Å². The highest BCUT2D eigenvalue weighted by atomic mass is 16.1. The number of aromatic amines is 1. The summed E-state index contributed by atoms with van der Waals surface area (Å²) in [6, 6.07) is 7.82. The highest BCUT2D eigenvalue weighted by molar-refractivity contribution is 5.86. The van der Waals surface area contributed by atoms with Gasteiger partial charge < -0.3 is 4.98 Å². The van der Waals surface area contributed by atoms with E-state index in [0.29, 0.717) is 0 Å². The molecule has 0 aliphatic carbocycles. The summed E-state index contributed by atoms with van der Waals surface area (Å²) in [7, 11) is 0. The van der Waals surface area contributed by atoms with Gasteiger partial charge in [0.15, 0.2) is 0 Å². The van der Waals surface area contributed by atoms with E-state index in [-0.39, 0.29) is 11.1 Å². The van der Waals surface area contributed by atoms with Crippen LogP contribution in [0.25, 0.3) is 10.9 Å². The highest BCUT2D eigenvalue weighted by Crippen LogP contribution is 2.20.